The molecule has 1 heterocycles. The number of carbonyl (C=O) groups is 2. The van der Waals surface area contributed by atoms with E-state index in [0.29, 0.717) is 0 Å². The molecule has 1 N–H and O–H groups in total. The second-order valence-electron chi connectivity index (χ2n) is 3.77. The summed E-state index contributed by atoms with van der Waals surface area (Å²) in [6.07, 6.45) is -6.39. The molecule has 100 valence electrons. The number of hydrogen-bond acceptors (Lipinski definition) is 3. The molecule has 0 aliphatic heterocycles. The molecule has 19 heavy (non-hydrogen) atoms. The summed E-state index contributed by atoms with van der Waals surface area (Å²) in [5.41, 5.74) is 0.395. The second-order valence-corrected chi connectivity index (χ2v) is 3.77. The zero-order valence-electron chi connectivity index (χ0n) is 9.21. The summed E-state index contributed by atoms with van der Waals surface area (Å²) in [6, 6.07) is 3.41. The fourth-order valence-corrected chi connectivity index (χ4v) is 1.44. The molecule has 8 heteroatoms. The summed E-state index contributed by atoms with van der Waals surface area (Å²) in [5.74, 6) is -4.23. The number of halogens is 4. The van der Waals surface area contributed by atoms with Crippen LogP contribution in [0, 0.1) is 5.82 Å². The van der Waals surface area contributed by atoms with Gasteiger partial charge in [-0.25, -0.2) is 9.37 Å². The number of benzene rings is 1. The number of fused-ring (bicyclic) bond motifs is 1. The summed E-state index contributed by atoms with van der Waals surface area (Å²) in [4.78, 5) is 28.2. The Hall–Kier alpha value is -2.25. The van der Waals surface area contributed by atoms with Gasteiger partial charge in [-0.2, -0.15) is 13.2 Å². The number of aromatic amines is 1. The van der Waals surface area contributed by atoms with Gasteiger partial charge in [0.25, 0.3) is 0 Å². The van der Waals surface area contributed by atoms with Crippen LogP contribution in [0.1, 0.15) is 17.0 Å². The van der Waals surface area contributed by atoms with Gasteiger partial charge in [0.15, 0.2) is 5.82 Å². The third-order valence-electron chi connectivity index (χ3n) is 2.35. The van der Waals surface area contributed by atoms with E-state index >= 15 is 0 Å². The minimum absolute atomic E-state index is 0.169. The number of alkyl halides is 3. The van der Waals surface area contributed by atoms with Crippen LogP contribution in [0.2, 0.25) is 0 Å². The van der Waals surface area contributed by atoms with E-state index in [0.717, 1.165) is 12.1 Å². The van der Waals surface area contributed by atoms with E-state index in [-0.39, 0.29) is 11.0 Å². The maximum atomic E-state index is 12.9. The van der Waals surface area contributed by atoms with Gasteiger partial charge < -0.3 is 4.98 Å². The molecule has 4 nitrogen and oxygen atoms in total. The predicted molar refractivity (Wildman–Crippen MR) is 56.1 cm³/mol. The van der Waals surface area contributed by atoms with E-state index in [1.54, 1.807) is 0 Å². The number of carbonyl (C=O) groups excluding carboxylic acids is 2. The van der Waals surface area contributed by atoms with Gasteiger partial charge >= 0.3 is 6.18 Å². The van der Waals surface area contributed by atoms with E-state index in [9.17, 15) is 27.2 Å². The summed E-state index contributed by atoms with van der Waals surface area (Å²) >= 11 is 0. The molecule has 0 aliphatic rings. The zero-order chi connectivity index (χ0) is 14.2. The molecule has 0 atom stereocenters. The molecule has 2 aromatic rings. The van der Waals surface area contributed by atoms with Crippen LogP contribution in [0.15, 0.2) is 18.2 Å². The van der Waals surface area contributed by atoms with Crippen molar-refractivity contribution in [2.45, 2.75) is 12.6 Å². The largest absolute Gasteiger partial charge is 0.450 e. The van der Waals surface area contributed by atoms with Gasteiger partial charge in [-0.1, -0.05) is 0 Å². The Balaban J connectivity index is 2.25. The van der Waals surface area contributed by atoms with Crippen LogP contribution in [0.25, 0.3) is 11.0 Å². The highest BCUT2D eigenvalue weighted by Gasteiger charge is 2.39. The minimum atomic E-state index is -5.06. The van der Waals surface area contributed by atoms with Crippen molar-refractivity contribution < 1.29 is 27.2 Å². The number of Topliss-reactive ketones (excluding diaryl/α,β-unsaturated/α-hetero) is 2. The first-order valence-electron chi connectivity index (χ1n) is 5.06. The van der Waals surface area contributed by atoms with Gasteiger partial charge in [0.1, 0.15) is 5.82 Å². The lowest BCUT2D eigenvalue weighted by Gasteiger charge is -2.02. The van der Waals surface area contributed by atoms with E-state index in [2.05, 4.69) is 9.97 Å². The lowest BCUT2D eigenvalue weighted by Crippen LogP contribution is -2.25. The Morgan fingerprint density at radius 1 is 1.26 bits per heavy atom. The molecule has 0 saturated carbocycles. The van der Waals surface area contributed by atoms with Crippen molar-refractivity contribution in [2.24, 2.45) is 0 Å². The van der Waals surface area contributed by atoms with Gasteiger partial charge in [0.05, 0.1) is 17.5 Å². The van der Waals surface area contributed by atoms with E-state index in [1.807, 2.05) is 0 Å². The van der Waals surface area contributed by atoms with Gasteiger partial charge in [-0.05, 0) is 18.2 Å². The molecule has 0 spiro atoms. The average Bonchev–Trinajstić information content (AvgIpc) is 2.70. The standard InChI is InChI=1S/C11H6F4N2O2/c12-5-1-2-6-7(3-5)17-10(16-6)8(18)4-9(19)11(13,14)15/h1-3H,4H2,(H,16,17). The van der Waals surface area contributed by atoms with Crippen molar-refractivity contribution in [3.8, 4) is 0 Å². The molecule has 1 aromatic carbocycles. The van der Waals surface area contributed by atoms with Crippen LogP contribution in [0.4, 0.5) is 17.6 Å². The molecule has 2 rings (SSSR count). The molecule has 0 unspecified atom stereocenters. The smallest absolute Gasteiger partial charge is 0.335 e. The zero-order valence-corrected chi connectivity index (χ0v) is 9.21. The van der Waals surface area contributed by atoms with Crippen molar-refractivity contribution in [1.29, 1.82) is 0 Å². The fourth-order valence-electron chi connectivity index (χ4n) is 1.44. The molecular formula is C11H6F4N2O2. The van der Waals surface area contributed by atoms with Gasteiger partial charge in [-0.15, -0.1) is 0 Å². The summed E-state index contributed by atoms with van der Waals surface area (Å²) in [5, 5.41) is 0. The lowest BCUT2D eigenvalue weighted by atomic mass is 10.2. The van der Waals surface area contributed by atoms with E-state index in [4.69, 9.17) is 0 Å². The Labute approximate surface area is 103 Å². The third kappa shape index (κ3) is 2.78. The van der Waals surface area contributed by atoms with Crippen LogP contribution in [-0.4, -0.2) is 27.7 Å². The predicted octanol–water partition coefficient (Wildman–Crippen LogP) is 2.41. The highest BCUT2D eigenvalue weighted by Crippen LogP contribution is 2.20. The summed E-state index contributed by atoms with van der Waals surface area (Å²) in [7, 11) is 0. The second kappa shape index (κ2) is 4.45. The Kier molecular flexibility index (Phi) is 3.09. The Morgan fingerprint density at radius 2 is 1.95 bits per heavy atom. The van der Waals surface area contributed by atoms with Gasteiger partial charge in [0.2, 0.25) is 11.6 Å². The third-order valence-corrected chi connectivity index (χ3v) is 2.35. The minimum Gasteiger partial charge on any atom is -0.335 e. The van der Waals surface area contributed by atoms with E-state index < -0.39 is 35.8 Å². The van der Waals surface area contributed by atoms with Gasteiger partial charge in [-0.3, -0.25) is 9.59 Å². The summed E-state index contributed by atoms with van der Waals surface area (Å²) in [6.45, 7) is 0. The first-order chi connectivity index (χ1) is 8.77. The maximum absolute atomic E-state index is 12.9. The van der Waals surface area contributed by atoms with Crippen LogP contribution >= 0.6 is 0 Å². The maximum Gasteiger partial charge on any atom is 0.450 e. The Morgan fingerprint density at radius 3 is 2.58 bits per heavy atom. The SMILES string of the molecule is O=C(CC(=O)C(F)(F)F)c1nc2ccc(F)cc2[nH]1. The number of aromatic nitrogens is 2. The molecule has 0 radical (unpaired) electrons. The molecule has 0 fully saturated rings. The number of nitrogens with one attached hydrogen (secondary N) is 1. The first-order valence-corrected chi connectivity index (χ1v) is 5.06. The number of nitrogens with zero attached hydrogens (tertiary/aromatic N) is 1. The number of rotatable bonds is 3. The van der Waals surface area contributed by atoms with Crippen molar-refractivity contribution in [2.75, 3.05) is 0 Å². The fraction of sp³-hybridized carbons (Fsp3) is 0.182. The van der Waals surface area contributed by atoms with Gasteiger partial charge in [0, 0.05) is 0 Å². The molecule has 0 saturated heterocycles. The quantitative estimate of drug-likeness (QED) is 0.531. The molecule has 0 amide bonds. The van der Waals surface area contributed by atoms with E-state index in [1.165, 1.54) is 6.07 Å². The number of ketones is 2. The number of hydrogen-bond donors (Lipinski definition) is 1. The first kappa shape index (κ1) is 13.2. The topological polar surface area (TPSA) is 62.8 Å². The summed E-state index contributed by atoms with van der Waals surface area (Å²) < 4.78 is 48.9. The lowest BCUT2D eigenvalue weighted by molar-refractivity contribution is -0.170. The van der Waals surface area contributed by atoms with Crippen molar-refractivity contribution >= 4 is 22.6 Å². The number of H-pyrrole nitrogens is 1. The van der Waals surface area contributed by atoms with Crippen LogP contribution in [-0.2, 0) is 4.79 Å². The van der Waals surface area contributed by atoms with Crippen molar-refractivity contribution in [3.05, 3.63) is 29.8 Å². The number of imidazole rings is 1. The molecule has 0 bridgehead atoms. The van der Waals surface area contributed by atoms with Crippen molar-refractivity contribution in [1.82, 2.24) is 9.97 Å². The Bertz CT molecular complexity index is 660. The molecule has 0 aliphatic carbocycles. The molecule has 1 aromatic heterocycles. The van der Waals surface area contributed by atoms with Crippen LogP contribution in [0.3, 0.4) is 0 Å². The highest BCUT2D eigenvalue weighted by atomic mass is 19.4. The van der Waals surface area contributed by atoms with Crippen LogP contribution < -0.4 is 0 Å². The van der Waals surface area contributed by atoms with Crippen molar-refractivity contribution in [3.63, 3.8) is 0 Å². The normalized spacial score (nSPS) is 11.8. The molecular weight excluding hydrogens is 268 g/mol. The van der Waals surface area contributed by atoms with Crippen LogP contribution in [0.5, 0.6) is 0 Å². The highest BCUT2D eigenvalue weighted by molar-refractivity contribution is 6.08. The average molecular weight is 274 g/mol. The monoisotopic (exact) mass is 274 g/mol.